The number of benzene rings is 2. The number of halogens is 1. The van der Waals surface area contributed by atoms with Crippen molar-refractivity contribution in [2.75, 3.05) is 0 Å². The third-order valence-corrected chi connectivity index (χ3v) is 2.67. The quantitative estimate of drug-likeness (QED) is 0.452. The van der Waals surface area contributed by atoms with Crippen LogP contribution in [0.3, 0.4) is 0 Å². The van der Waals surface area contributed by atoms with Crippen molar-refractivity contribution in [2.24, 2.45) is 5.16 Å². The summed E-state index contributed by atoms with van der Waals surface area (Å²) in [7, 11) is 0. The van der Waals surface area contributed by atoms with Crippen LogP contribution in [0.5, 0.6) is 11.5 Å². The molecule has 2 rings (SSSR count). The zero-order valence-corrected chi connectivity index (χ0v) is 9.92. The van der Waals surface area contributed by atoms with Crippen LogP contribution in [0.1, 0.15) is 11.1 Å². The molecule has 0 aromatic heterocycles. The van der Waals surface area contributed by atoms with Gasteiger partial charge in [-0.1, -0.05) is 17.3 Å². The summed E-state index contributed by atoms with van der Waals surface area (Å²) in [6.45, 7) is 0. The van der Waals surface area contributed by atoms with Crippen molar-refractivity contribution in [3.63, 3.8) is 0 Å². The van der Waals surface area contributed by atoms with E-state index in [0.717, 1.165) is 6.07 Å². The average molecular weight is 261 g/mol. The Bertz CT molecular complexity index is 626. The standard InChI is InChI=1S/C14H12FNO3/c15-10-3-1-2-9(6-10)7-13(16-19)12-5-4-11(17)8-14(12)18/h1-6,8,17-19H,7H2/b16-13+. The van der Waals surface area contributed by atoms with Gasteiger partial charge in [-0.05, 0) is 29.8 Å². The lowest BCUT2D eigenvalue weighted by molar-refractivity contribution is 0.318. The van der Waals surface area contributed by atoms with E-state index in [-0.39, 0.29) is 35.0 Å². The fourth-order valence-electron chi connectivity index (χ4n) is 1.79. The molecule has 19 heavy (non-hydrogen) atoms. The fraction of sp³-hybridized carbons (Fsp3) is 0.0714. The number of nitrogens with zero attached hydrogens (tertiary/aromatic N) is 1. The van der Waals surface area contributed by atoms with Crippen molar-refractivity contribution in [2.45, 2.75) is 6.42 Å². The van der Waals surface area contributed by atoms with Gasteiger partial charge in [-0.25, -0.2) is 4.39 Å². The van der Waals surface area contributed by atoms with Crippen LogP contribution in [-0.2, 0) is 6.42 Å². The third kappa shape index (κ3) is 3.01. The van der Waals surface area contributed by atoms with Crippen LogP contribution < -0.4 is 0 Å². The van der Waals surface area contributed by atoms with Gasteiger partial charge in [0.15, 0.2) is 0 Å². The second-order valence-corrected chi connectivity index (χ2v) is 4.05. The van der Waals surface area contributed by atoms with Crippen LogP contribution in [0.4, 0.5) is 4.39 Å². The highest BCUT2D eigenvalue weighted by Gasteiger charge is 2.11. The van der Waals surface area contributed by atoms with Gasteiger partial charge in [-0.3, -0.25) is 0 Å². The molecule has 0 heterocycles. The molecule has 0 saturated carbocycles. The Hall–Kier alpha value is -2.56. The number of phenols is 2. The van der Waals surface area contributed by atoms with Crippen molar-refractivity contribution < 1.29 is 19.8 Å². The van der Waals surface area contributed by atoms with Gasteiger partial charge in [0.1, 0.15) is 17.3 Å². The molecule has 0 aliphatic carbocycles. The van der Waals surface area contributed by atoms with Crippen molar-refractivity contribution in [3.05, 3.63) is 59.4 Å². The van der Waals surface area contributed by atoms with E-state index in [1.54, 1.807) is 12.1 Å². The number of hydrogen-bond donors (Lipinski definition) is 3. The van der Waals surface area contributed by atoms with Crippen molar-refractivity contribution in [3.8, 4) is 11.5 Å². The topological polar surface area (TPSA) is 73.1 Å². The predicted octanol–water partition coefficient (Wildman–Crippen LogP) is 2.66. The van der Waals surface area contributed by atoms with E-state index in [1.807, 2.05) is 0 Å². The molecule has 98 valence electrons. The zero-order chi connectivity index (χ0) is 13.8. The molecule has 3 N–H and O–H groups in total. The predicted molar refractivity (Wildman–Crippen MR) is 68.2 cm³/mol. The molecule has 0 unspecified atom stereocenters. The number of oxime groups is 1. The van der Waals surface area contributed by atoms with E-state index >= 15 is 0 Å². The number of phenolic OH excluding ortho intramolecular Hbond substituents is 2. The van der Waals surface area contributed by atoms with E-state index in [0.29, 0.717) is 5.56 Å². The molecule has 5 heteroatoms. The molecule has 2 aromatic rings. The fourth-order valence-corrected chi connectivity index (χ4v) is 1.79. The molecule has 0 aliphatic heterocycles. The molecule has 0 radical (unpaired) electrons. The first-order valence-electron chi connectivity index (χ1n) is 5.58. The highest BCUT2D eigenvalue weighted by atomic mass is 19.1. The van der Waals surface area contributed by atoms with Crippen molar-refractivity contribution >= 4 is 5.71 Å². The molecule has 0 saturated heterocycles. The summed E-state index contributed by atoms with van der Waals surface area (Å²) >= 11 is 0. The maximum Gasteiger partial charge on any atom is 0.128 e. The van der Waals surface area contributed by atoms with Crippen LogP contribution in [0, 0.1) is 5.82 Å². The second kappa shape index (κ2) is 5.39. The number of hydrogen-bond acceptors (Lipinski definition) is 4. The summed E-state index contributed by atoms with van der Waals surface area (Å²) < 4.78 is 13.1. The minimum Gasteiger partial charge on any atom is -0.508 e. The second-order valence-electron chi connectivity index (χ2n) is 4.05. The van der Waals surface area contributed by atoms with E-state index in [9.17, 15) is 14.6 Å². The number of aromatic hydroxyl groups is 2. The van der Waals surface area contributed by atoms with Crippen LogP contribution in [-0.4, -0.2) is 21.1 Å². The summed E-state index contributed by atoms with van der Waals surface area (Å²) in [6.07, 6.45) is 0.159. The first-order valence-corrected chi connectivity index (χ1v) is 5.58. The Balaban J connectivity index is 2.31. The average Bonchev–Trinajstić information content (AvgIpc) is 2.37. The molecule has 0 aliphatic rings. The van der Waals surface area contributed by atoms with Gasteiger partial charge in [0.2, 0.25) is 0 Å². The molecule has 0 amide bonds. The maximum atomic E-state index is 13.1. The normalized spacial score (nSPS) is 11.5. The van der Waals surface area contributed by atoms with Gasteiger partial charge in [0.25, 0.3) is 0 Å². The van der Waals surface area contributed by atoms with Gasteiger partial charge < -0.3 is 15.4 Å². The van der Waals surface area contributed by atoms with Crippen LogP contribution in [0.15, 0.2) is 47.6 Å². The molecule has 0 spiro atoms. The summed E-state index contributed by atoms with van der Waals surface area (Å²) in [5.74, 6) is -0.682. The van der Waals surface area contributed by atoms with Crippen LogP contribution in [0.2, 0.25) is 0 Å². The van der Waals surface area contributed by atoms with Gasteiger partial charge in [0.05, 0.1) is 5.71 Å². The molecule has 0 atom stereocenters. The van der Waals surface area contributed by atoms with Gasteiger partial charge in [0, 0.05) is 18.1 Å². The molecule has 0 bridgehead atoms. The van der Waals surface area contributed by atoms with E-state index in [2.05, 4.69) is 5.16 Å². The molecule has 4 nitrogen and oxygen atoms in total. The monoisotopic (exact) mass is 261 g/mol. The zero-order valence-electron chi connectivity index (χ0n) is 9.92. The van der Waals surface area contributed by atoms with E-state index < -0.39 is 0 Å². The number of rotatable bonds is 3. The molecule has 0 fully saturated rings. The molecular formula is C14H12FNO3. The SMILES string of the molecule is O/N=C(\Cc1cccc(F)c1)c1ccc(O)cc1O. The van der Waals surface area contributed by atoms with Gasteiger partial charge >= 0.3 is 0 Å². The lowest BCUT2D eigenvalue weighted by atomic mass is 10.0. The van der Waals surface area contributed by atoms with Crippen LogP contribution >= 0.6 is 0 Å². The largest absolute Gasteiger partial charge is 0.508 e. The summed E-state index contributed by atoms with van der Waals surface area (Å²) in [4.78, 5) is 0. The molecule has 2 aromatic carbocycles. The first-order chi connectivity index (χ1) is 9.10. The van der Waals surface area contributed by atoms with Gasteiger partial charge in [-0.2, -0.15) is 0 Å². The lowest BCUT2D eigenvalue weighted by Gasteiger charge is -2.07. The summed E-state index contributed by atoms with van der Waals surface area (Å²) in [5.41, 5.74) is 1.08. The van der Waals surface area contributed by atoms with E-state index in [1.165, 1.54) is 24.3 Å². The summed E-state index contributed by atoms with van der Waals surface area (Å²) in [5, 5.41) is 31.1. The Morgan fingerprint density at radius 2 is 1.89 bits per heavy atom. The Kier molecular flexibility index (Phi) is 3.66. The Labute approximate surface area is 109 Å². The van der Waals surface area contributed by atoms with Gasteiger partial charge in [-0.15, -0.1) is 0 Å². The Morgan fingerprint density at radius 1 is 1.11 bits per heavy atom. The smallest absolute Gasteiger partial charge is 0.128 e. The molecular weight excluding hydrogens is 249 g/mol. The summed E-state index contributed by atoms with van der Waals surface area (Å²) in [6, 6.07) is 9.82. The van der Waals surface area contributed by atoms with Crippen molar-refractivity contribution in [1.29, 1.82) is 0 Å². The van der Waals surface area contributed by atoms with Crippen molar-refractivity contribution in [1.82, 2.24) is 0 Å². The highest BCUT2D eigenvalue weighted by molar-refractivity contribution is 6.03. The third-order valence-electron chi connectivity index (χ3n) is 2.67. The van der Waals surface area contributed by atoms with Crippen LogP contribution in [0.25, 0.3) is 0 Å². The minimum atomic E-state index is -0.385. The van der Waals surface area contributed by atoms with E-state index in [4.69, 9.17) is 5.21 Å². The Morgan fingerprint density at radius 3 is 2.53 bits per heavy atom. The first kappa shape index (κ1) is 12.9. The minimum absolute atomic E-state index is 0.0932. The lowest BCUT2D eigenvalue weighted by Crippen LogP contribution is -2.06. The maximum absolute atomic E-state index is 13.1. The highest BCUT2D eigenvalue weighted by Crippen LogP contribution is 2.24.